The van der Waals surface area contributed by atoms with Gasteiger partial charge in [-0.15, -0.1) is 0 Å². The Hall–Kier alpha value is -3.48. The normalized spacial score (nSPS) is 10.4. The molecule has 2 aromatic carbocycles. The average Bonchev–Trinajstić information content (AvgIpc) is 3.02. The Kier molecular flexibility index (Phi) is 4.56. The van der Waals surface area contributed by atoms with Crippen molar-refractivity contribution in [1.82, 2.24) is 15.1 Å². The maximum absolute atomic E-state index is 12.5. The predicted octanol–water partition coefficient (Wildman–Crippen LogP) is 2.93. The molecule has 1 aromatic heterocycles. The first-order valence-corrected chi connectivity index (χ1v) is 7.65. The van der Waals surface area contributed by atoms with Gasteiger partial charge in [0.05, 0.1) is 22.4 Å². The molecule has 0 atom stereocenters. The van der Waals surface area contributed by atoms with Crippen LogP contribution in [0.5, 0.6) is 0 Å². The fourth-order valence-corrected chi connectivity index (χ4v) is 2.56. The maximum atomic E-state index is 12.5. The Balaban J connectivity index is 1.75. The molecule has 0 spiro atoms. The molecule has 25 heavy (non-hydrogen) atoms. The van der Waals surface area contributed by atoms with Crippen LogP contribution in [-0.2, 0) is 13.6 Å². The second-order valence-corrected chi connectivity index (χ2v) is 5.50. The molecule has 0 radical (unpaired) electrons. The molecule has 1 N–H and O–H groups in total. The minimum Gasteiger partial charge on any atom is -0.348 e. The molecule has 0 aliphatic carbocycles. The molecule has 0 saturated carbocycles. The number of carbonyl (C=O) groups is 1. The van der Waals surface area contributed by atoms with Crippen LogP contribution in [-0.4, -0.2) is 20.6 Å². The van der Waals surface area contributed by atoms with Crippen molar-refractivity contribution < 1.29 is 9.72 Å². The van der Waals surface area contributed by atoms with Crippen LogP contribution >= 0.6 is 0 Å². The summed E-state index contributed by atoms with van der Waals surface area (Å²) >= 11 is 0. The summed E-state index contributed by atoms with van der Waals surface area (Å²) in [5.41, 5.74) is 2.93. The van der Waals surface area contributed by atoms with Gasteiger partial charge in [0.2, 0.25) is 0 Å². The molecule has 1 heterocycles. The van der Waals surface area contributed by atoms with Crippen molar-refractivity contribution in [1.29, 1.82) is 0 Å². The molecule has 3 rings (SSSR count). The molecule has 0 saturated heterocycles. The van der Waals surface area contributed by atoms with Crippen LogP contribution in [0.25, 0.3) is 11.3 Å². The Labute approximate surface area is 144 Å². The number of nitrogens with zero attached hydrogens (tertiary/aromatic N) is 3. The van der Waals surface area contributed by atoms with E-state index in [9.17, 15) is 14.9 Å². The quantitative estimate of drug-likeness (QED) is 0.573. The van der Waals surface area contributed by atoms with Gasteiger partial charge in [0.1, 0.15) is 0 Å². The number of hydrogen-bond donors (Lipinski definition) is 1. The van der Waals surface area contributed by atoms with Gasteiger partial charge in [-0.05, 0) is 5.56 Å². The fourth-order valence-electron chi connectivity index (χ4n) is 2.56. The fraction of sp³-hybridized carbons (Fsp3) is 0.111. The highest BCUT2D eigenvalue weighted by molar-refractivity contribution is 5.99. The topological polar surface area (TPSA) is 90.1 Å². The van der Waals surface area contributed by atoms with Gasteiger partial charge < -0.3 is 5.32 Å². The van der Waals surface area contributed by atoms with Gasteiger partial charge in [0.25, 0.3) is 11.6 Å². The van der Waals surface area contributed by atoms with Gasteiger partial charge in [-0.3, -0.25) is 19.6 Å². The molecule has 1 amide bonds. The van der Waals surface area contributed by atoms with Gasteiger partial charge in [0.15, 0.2) is 0 Å². The summed E-state index contributed by atoms with van der Waals surface area (Å²) < 4.78 is 1.66. The summed E-state index contributed by atoms with van der Waals surface area (Å²) in [5, 5.41) is 17.7. The second-order valence-electron chi connectivity index (χ2n) is 5.50. The van der Waals surface area contributed by atoms with Crippen LogP contribution in [0.1, 0.15) is 15.9 Å². The third kappa shape index (κ3) is 3.55. The summed E-state index contributed by atoms with van der Waals surface area (Å²) in [5.74, 6) is -0.245. The second kappa shape index (κ2) is 6.96. The summed E-state index contributed by atoms with van der Waals surface area (Å²) in [6.07, 6.45) is 1.54. The van der Waals surface area contributed by atoms with E-state index < -0.39 is 4.92 Å². The number of carbonyl (C=O) groups excluding carboxylic acids is 1. The Morgan fingerprint density at radius 3 is 2.48 bits per heavy atom. The SMILES string of the molecule is Cn1ncc(C(=O)NCc2ccc([N+](=O)[O-])cc2)c1-c1ccccc1. The van der Waals surface area contributed by atoms with Crippen molar-refractivity contribution in [2.75, 3.05) is 0 Å². The molecule has 126 valence electrons. The van der Waals surface area contributed by atoms with Gasteiger partial charge in [-0.25, -0.2) is 0 Å². The monoisotopic (exact) mass is 336 g/mol. The molecule has 0 aliphatic rings. The smallest absolute Gasteiger partial charge is 0.269 e. The predicted molar refractivity (Wildman–Crippen MR) is 92.9 cm³/mol. The lowest BCUT2D eigenvalue weighted by atomic mass is 10.1. The van der Waals surface area contributed by atoms with E-state index in [2.05, 4.69) is 10.4 Å². The Morgan fingerprint density at radius 2 is 1.84 bits per heavy atom. The van der Waals surface area contributed by atoms with Crippen LogP contribution in [0.4, 0.5) is 5.69 Å². The van der Waals surface area contributed by atoms with Crippen LogP contribution in [0.3, 0.4) is 0 Å². The number of aryl methyl sites for hydroxylation is 1. The highest BCUT2D eigenvalue weighted by Crippen LogP contribution is 2.22. The van der Waals surface area contributed by atoms with Gasteiger partial charge in [-0.1, -0.05) is 42.5 Å². The van der Waals surface area contributed by atoms with Crippen LogP contribution in [0, 0.1) is 10.1 Å². The van der Waals surface area contributed by atoms with Gasteiger partial charge in [-0.2, -0.15) is 5.10 Å². The summed E-state index contributed by atoms with van der Waals surface area (Å²) in [4.78, 5) is 22.7. The lowest BCUT2D eigenvalue weighted by molar-refractivity contribution is -0.384. The zero-order chi connectivity index (χ0) is 17.8. The van der Waals surface area contributed by atoms with Crippen molar-refractivity contribution in [2.24, 2.45) is 7.05 Å². The number of nitrogens with one attached hydrogen (secondary N) is 1. The van der Waals surface area contributed by atoms with E-state index in [1.165, 1.54) is 18.3 Å². The molecule has 0 fully saturated rings. The molecule has 7 heteroatoms. The number of non-ortho nitro benzene ring substituents is 1. The van der Waals surface area contributed by atoms with Crippen molar-refractivity contribution in [3.63, 3.8) is 0 Å². The molecule has 0 bridgehead atoms. The van der Waals surface area contributed by atoms with E-state index in [0.29, 0.717) is 5.56 Å². The van der Waals surface area contributed by atoms with Crippen molar-refractivity contribution in [3.05, 3.63) is 82.0 Å². The summed E-state index contributed by atoms with van der Waals surface area (Å²) in [7, 11) is 1.79. The van der Waals surface area contributed by atoms with E-state index in [1.54, 1.807) is 23.9 Å². The van der Waals surface area contributed by atoms with E-state index in [-0.39, 0.29) is 18.1 Å². The largest absolute Gasteiger partial charge is 0.348 e. The molecule has 7 nitrogen and oxygen atoms in total. The molecule has 0 aliphatic heterocycles. The first-order valence-electron chi connectivity index (χ1n) is 7.65. The number of hydrogen-bond acceptors (Lipinski definition) is 4. The summed E-state index contributed by atoms with van der Waals surface area (Å²) in [6, 6.07) is 15.6. The minimum atomic E-state index is -0.454. The van der Waals surface area contributed by atoms with Gasteiger partial charge in [0, 0.05) is 31.3 Å². The van der Waals surface area contributed by atoms with E-state index in [1.807, 2.05) is 30.3 Å². The molecular formula is C18H16N4O3. The van der Waals surface area contributed by atoms with Crippen LogP contribution < -0.4 is 5.32 Å². The zero-order valence-corrected chi connectivity index (χ0v) is 13.5. The third-order valence-corrected chi connectivity index (χ3v) is 3.83. The maximum Gasteiger partial charge on any atom is 0.269 e. The van der Waals surface area contributed by atoms with Gasteiger partial charge >= 0.3 is 0 Å². The van der Waals surface area contributed by atoms with Crippen LogP contribution in [0.2, 0.25) is 0 Å². The number of aromatic nitrogens is 2. The highest BCUT2D eigenvalue weighted by Gasteiger charge is 2.17. The Morgan fingerprint density at radius 1 is 1.16 bits per heavy atom. The van der Waals surface area contributed by atoms with Crippen molar-refractivity contribution in [3.8, 4) is 11.3 Å². The number of rotatable bonds is 5. The zero-order valence-electron chi connectivity index (χ0n) is 13.5. The number of benzene rings is 2. The first-order chi connectivity index (χ1) is 12.1. The third-order valence-electron chi connectivity index (χ3n) is 3.83. The van der Waals surface area contributed by atoms with Crippen molar-refractivity contribution in [2.45, 2.75) is 6.54 Å². The Bertz CT molecular complexity index is 902. The van der Waals surface area contributed by atoms with Crippen LogP contribution in [0.15, 0.2) is 60.8 Å². The number of nitro groups is 1. The van der Waals surface area contributed by atoms with E-state index >= 15 is 0 Å². The standard InChI is InChI=1S/C18H16N4O3/c1-21-17(14-5-3-2-4-6-14)16(12-20-21)18(23)19-11-13-7-9-15(10-8-13)22(24)25/h2-10,12H,11H2,1H3,(H,19,23). The lowest BCUT2D eigenvalue weighted by Gasteiger charge is -2.08. The van der Waals surface area contributed by atoms with Crippen molar-refractivity contribution >= 4 is 11.6 Å². The molecular weight excluding hydrogens is 320 g/mol. The summed E-state index contributed by atoms with van der Waals surface area (Å²) in [6.45, 7) is 0.278. The van der Waals surface area contributed by atoms with E-state index in [0.717, 1.165) is 16.8 Å². The minimum absolute atomic E-state index is 0.0219. The highest BCUT2D eigenvalue weighted by atomic mass is 16.6. The molecule has 3 aromatic rings. The number of nitro benzene ring substituents is 1. The number of amides is 1. The van der Waals surface area contributed by atoms with E-state index in [4.69, 9.17) is 0 Å². The first kappa shape index (κ1) is 16.4. The average molecular weight is 336 g/mol. The lowest BCUT2D eigenvalue weighted by Crippen LogP contribution is -2.23. The molecule has 0 unspecified atom stereocenters.